The number of epoxide rings is 1. The Labute approximate surface area is 269 Å². The lowest BCUT2D eigenvalue weighted by atomic mass is 9.79. The SMILES string of the molecule is CC(=O)O[C@@H](C)/C=C\C(=O)N[C@@H]1C[C@H](C)[C@H](C/C=C(C)/C=C/[C@H]2O[C@H](CC(=O)CC3CCC(C)CC3)C[C@@]3(CO3)[C@@H]2O)O[C@@H]1C. The number of esters is 1. The van der Waals surface area contributed by atoms with E-state index in [2.05, 4.69) is 25.2 Å². The Balaban J connectivity index is 1.25. The van der Waals surface area contributed by atoms with Crippen molar-refractivity contribution >= 4 is 17.7 Å². The lowest BCUT2D eigenvalue weighted by Gasteiger charge is -2.39. The molecule has 3 heterocycles. The summed E-state index contributed by atoms with van der Waals surface area (Å²) in [6.07, 6.45) is 14.6. The van der Waals surface area contributed by atoms with Gasteiger partial charge in [0.05, 0.1) is 31.0 Å². The van der Waals surface area contributed by atoms with Crippen LogP contribution in [0.15, 0.2) is 36.0 Å². The highest BCUT2D eigenvalue weighted by molar-refractivity contribution is 5.87. The number of rotatable bonds is 12. The molecule has 45 heavy (non-hydrogen) atoms. The molecule has 9 nitrogen and oxygen atoms in total. The minimum atomic E-state index is -0.762. The normalized spacial score (nSPS) is 37.9. The van der Waals surface area contributed by atoms with Gasteiger partial charge in [-0.2, -0.15) is 0 Å². The van der Waals surface area contributed by atoms with Crippen molar-refractivity contribution in [3.05, 3.63) is 36.0 Å². The van der Waals surface area contributed by atoms with Crippen LogP contribution in [0.2, 0.25) is 0 Å². The van der Waals surface area contributed by atoms with Gasteiger partial charge in [-0.25, -0.2) is 0 Å². The molecule has 0 aromatic rings. The number of aliphatic hydroxyl groups excluding tert-OH is 1. The highest BCUT2D eigenvalue weighted by Crippen LogP contribution is 2.44. The molecule has 4 aliphatic rings. The minimum absolute atomic E-state index is 0.0125. The number of amides is 1. The molecule has 1 amide bonds. The molecule has 252 valence electrons. The van der Waals surface area contributed by atoms with E-state index in [1.54, 1.807) is 13.0 Å². The molecule has 9 heteroatoms. The summed E-state index contributed by atoms with van der Waals surface area (Å²) in [6.45, 7) is 12.0. The van der Waals surface area contributed by atoms with E-state index in [0.717, 1.165) is 37.2 Å². The van der Waals surface area contributed by atoms with E-state index in [9.17, 15) is 19.5 Å². The van der Waals surface area contributed by atoms with Crippen molar-refractivity contribution in [2.75, 3.05) is 6.61 Å². The molecule has 0 bridgehead atoms. The zero-order valence-corrected chi connectivity index (χ0v) is 28.0. The number of aliphatic hydroxyl groups is 1. The van der Waals surface area contributed by atoms with Gasteiger partial charge in [-0.15, -0.1) is 0 Å². The Hall–Kier alpha value is -2.33. The van der Waals surface area contributed by atoms with Gasteiger partial charge in [-0.1, -0.05) is 50.5 Å². The number of allylic oxidation sites excluding steroid dienone is 2. The monoisotopic (exact) mass is 629 g/mol. The Bertz CT molecular complexity index is 1120. The summed E-state index contributed by atoms with van der Waals surface area (Å²) in [5, 5.41) is 14.0. The molecule has 3 saturated heterocycles. The highest BCUT2D eigenvalue weighted by Gasteiger charge is 2.58. The van der Waals surface area contributed by atoms with Gasteiger partial charge in [0.1, 0.15) is 29.7 Å². The van der Waals surface area contributed by atoms with Crippen LogP contribution >= 0.6 is 0 Å². The molecule has 0 radical (unpaired) electrons. The number of ether oxygens (including phenoxy) is 4. The highest BCUT2D eigenvalue weighted by atomic mass is 16.6. The zero-order chi connectivity index (χ0) is 32.7. The first-order valence-electron chi connectivity index (χ1n) is 17.0. The van der Waals surface area contributed by atoms with E-state index in [-0.39, 0.29) is 47.9 Å². The fourth-order valence-corrected chi connectivity index (χ4v) is 7.08. The predicted molar refractivity (Wildman–Crippen MR) is 171 cm³/mol. The largest absolute Gasteiger partial charge is 0.459 e. The van der Waals surface area contributed by atoms with Gasteiger partial charge in [-0.05, 0) is 70.3 Å². The van der Waals surface area contributed by atoms with E-state index in [0.29, 0.717) is 31.8 Å². The summed E-state index contributed by atoms with van der Waals surface area (Å²) in [4.78, 5) is 36.4. The predicted octanol–water partition coefficient (Wildman–Crippen LogP) is 5.15. The molecule has 4 rings (SSSR count). The first kappa shape index (κ1) is 35.5. The van der Waals surface area contributed by atoms with E-state index in [1.807, 2.05) is 26.0 Å². The van der Waals surface area contributed by atoms with Crippen molar-refractivity contribution in [3.8, 4) is 0 Å². The second-order valence-electron chi connectivity index (χ2n) is 14.2. The van der Waals surface area contributed by atoms with E-state index in [4.69, 9.17) is 18.9 Å². The molecule has 2 N–H and O–H groups in total. The molecule has 4 fully saturated rings. The summed E-state index contributed by atoms with van der Waals surface area (Å²) >= 11 is 0. The average Bonchev–Trinajstić information content (AvgIpc) is 3.74. The summed E-state index contributed by atoms with van der Waals surface area (Å²) in [5.41, 5.74) is 0.437. The molecule has 0 aromatic carbocycles. The third kappa shape index (κ3) is 10.6. The maximum absolute atomic E-state index is 12.9. The first-order chi connectivity index (χ1) is 21.3. The molecule has 9 atom stereocenters. The van der Waals surface area contributed by atoms with Gasteiger partial charge in [-0.3, -0.25) is 14.4 Å². The number of nitrogens with one attached hydrogen (secondary N) is 1. The number of hydrogen-bond donors (Lipinski definition) is 2. The minimum Gasteiger partial charge on any atom is -0.459 e. The van der Waals surface area contributed by atoms with Crippen molar-refractivity contribution in [1.29, 1.82) is 0 Å². The second kappa shape index (κ2) is 16.0. The molecule has 1 aliphatic carbocycles. The standard InChI is InChI=1S/C36H55NO8/c1-22-7-12-28(13-8-22)18-29(39)19-30-20-36(21-42-36)35(41)33(45-30)15-10-23(2)9-14-32-24(3)17-31(26(5)44-32)37-34(40)16-11-25(4)43-27(6)38/h9-11,15-16,22,24-26,28,30-33,35,41H,7-8,12-14,17-21H2,1-6H3,(H,37,40)/b15-10+,16-11-,23-9+/t22?,24-,25-,26+,28?,30+,31+,32-,33+,35+,36+/m0/s1. The van der Waals surface area contributed by atoms with Crippen molar-refractivity contribution in [2.24, 2.45) is 17.8 Å². The van der Waals surface area contributed by atoms with E-state index < -0.39 is 23.9 Å². The van der Waals surface area contributed by atoms with Crippen molar-refractivity contribution in [1.82, 2.24) is 5.32 Å². The topological polar surface area (TPSA) is 124 Å². The van der Waals surface area contributed by atoms with Gasteiger partial charge in [0.25, 0.3) is 0 Å². The molecule has 1 saturated carbocycles. The molecule has 0 unspecified atom stereocenters. The third-order valence-corrected chi connectivity index (χ3v) is 10.0. The van der Waals surface area contributed by atoms with Crippen LogP contribution in [0.3, 0.4) is 0 Å². The van der Waals surface area contributed by atoms with Crippen LogP contribution in [-0.2, 0) is 33.3 Å². The molecule has 0 aromatic heterocycles. The number of carbonyl (C=O) groups excluding carboxylic acids is 3. The van der Waals surface area contributed by atoms with Crippen LogP contribution in [0.5, 0.6) is 0 Å². The number of Topliss-reactive ketones (excluding diaryl/α,β-unsaturated/α-hetero) is 1. The van der Waals surface area contributed by atoms with E-state index in [1.165, 1.54) is 25.8 Å². The van der Waals surface area contributed by atoms with Gasteiger partial charge in [0.2, 0.25) is 5.91 Å². The molecular weight excluding hydrogens is 574 g/mol. The van der Waals surface area contributed by atoms with Crippen LogP contribution in [0.1, 0.15) is 99.3 Å². The Morgan fingerprint density at radius 2 is 1.76 bits per heavy atom. The summed E-state index contributed by atoms with van der Waals surface area (Å²) < 4.78 is 23.3. The second-order valence-corrected chi connectivity index (χ2v) is 14.2. The van der Waals surface area contributed by atoms with Crippen LogP contribution in [0.25, 0.3) is 0 Å². The van der Waals surface area contributed by atoms with Crippen molar-refractivity contribution in [2.45, 2.75) is 148 Å². The fourth-order valence-electron chi connectivity index (χ4n) is 7.08. The van der Waals surface area contributed by atoms with Crippen LogP contribution in [0.4, 0.5) is 0 Å². The lowest BCUT2D eigenvalue weighted by molar-refractivity contribution is -0.145. The average molecular weight is 630 g/mol. The van der Waals surface area contributed by atoms with Crippen LogP contribution in [-0.4, -0.2) is 77.6 Å². The summed E-state index contributed by atoms with van der Waals surface area (Å²) in [6, 6.07) is -0.115. The number of hydrogen-bond acceptors (Lipinski definition) is 8. The van der Waals surface area contributed by atoms with Gasteiger partial charge in [0, 0.05) is 32.3 Å². The molecule has 3 aliphatic heterocycles. The number of ketones is 1. The van der Waals surface area contributed by atoms with Gasteiger partial charge < -0.3 is 29.4 Å². The lowest BCUT2D eigenvalue weighted by Crippen LogP contribution is -2.50. The van der Waals surface area contributed by atoms with E-state index >= 15 is 0 Å². The van der Waals surface area contributed by atoms with Gasteiger partial charge >= 0.3 is 5.97 Å². The molecule has 1 spiro atoms. The Kier molecular flexibility index (Phi) is 12.6. The maximum atomic E-state index is 12.9. The summed E-state index contributed by atoms with van der Waals surface area (Å²) in [7, 11) is 0. The zero-order valence-electron chi connectivity index (χ0n) is 28.0. The van der Waals surface area contributed by atoms with Gasteiger partial charge in [0.15, 0.2) is 0 Å². The van der Waals surface area contributed by atoms with Crippen LogP contribution in [0, 0.1) is 17.8 Å². The van der Waals surface area contributed by atoms with Crippen LogP contribution < -0.4 is 5.32 Å². The third-order valence-electron chi connectivity index (χ3n) is 10.0. The number of carbonyl (C=O) groups is 3. The Morgan fingerprint density at radius 3 is 2.42 bits per heavy atom. The first-order valence-corrected chi connectivity index (χ1v) is 17.0. The van der Waals surface area contributed by atoms with Crippen molar-refractivity contribution < 1.29 is 38.4 Å². The summed E-state index contributed by atoms with van der Waals surface area (Å²) in [5.74, 6) is 1.12. The Morgan fingerprint density at radius 1 is 1.04 bits per heavy atom. The fraction of sp³-hybridized carbons (Fsp3) is 0.750. The smallest absolute Gasteiger partial charge is 0.303 e. The maximum Gasteiger partial charge on any atom is 0.303 e. The quantitative estimate of drug-likeness (QED) is 0.132. The molecular formula is C36H55NO8. The van der Waals surface area contributed by atoms with Crippen molar-refractivity contribution in [3.63, 3.8) is 0 Å².